The first-order chi connectivity index (χ1) is 7.65. The molecule has 0 aromatic heterocycles. The molecular weight excluding hydrogens is 203 g/mol. The van der Waals surface area contributed by atoms with Crippen LogP contribution in [0.25, 0.3) is 0 Å². The molecule has 0 spiro atoms. The van der Waals surface area contributed by atoms with Gasteiger partial charge in [0.25, 0.3) is 0 Å². The molecule has 1 nitrogen and oxygen atoms in total. The monoisotopic (exact) mass is 222 g/mol. The topological polar surface area (TPSA) is 20.2 Å². The average molecular weight is 222 g/mol. The van der Waals surface area contributed by atoms with Gasteiger partial charge in [-0.05, 0) is 31.2 Å². The minimum Gasteiger partial charge on any atom is -0.385 e. The fourth-order valence-electron chi connectivity index (χ4n) is 2.80. The van der Waals surface area contributed by atoms with Crippen LogP contribution in [-0.4, -0.2) is 5.11 Å². The van der Waals surface area contributed by atoms with Crippen molar-refractivity contribution in [1.29, 1.82) is 0 Å². The molecule has 1 aliphatic carbocycles. The highest BCUT2D eigenvalue weighted by atomic mass is 19.1. The van der Waals surface area contributed by atoms with E-state index >= 15 is 0 Å². The van der Waals surface area contributed by atoms with Crippen molar-refractivity contribution in [3.8, 4) is 0 Å². The molecule has 88 valence electrons. The summed E-state index contributed by atoms with van der Waals surface area (Å²) in [5.74, 6) is 0.250. The van der Waals surface area contributed by atoms with Gasteiger partial charge in [0, 0.05) is 5.56 Å². The second-order valence-electron chi connectivity index (χ2n) is 4.88. The Morgan fingerprint density at radius 3 is 2.88 bits per heavy atom. The van der Waals surface area contributed by atoms with Gasteiger partial charge in [0.05, 0.1) is 5.60 Å². The summed E-state index contributed by atoms with van der Waals surface area (Å²) in [4.78, 5) is 0. The Labute approximate surface area is 96.3 Å². The third kappa shape index (κ3) is 2.12. The van der Waals surface area contributed by atoms with E-state index in [2.05, 4.69) is 6.92 Å². The maximum Gasteiger partial charge on any atom is 0.129 e. The summed E-state index contributed by atoms with van der Waals surface area (Å²) < 4.78 is 13.7. The van der Waals surface area contributed by atoms with Crippen LogP contribution in [0.1, 0.15) is 44.6 Å². The molecule has 2 rings (SSSR count). The summed E-state index contributed by atoms with van der Waals surface area (Å²) in [5, 5.41) is 10.6. The van der Waals surface area contributed by atoms with E-state index < -0.39 is 5.60 Å². The van der Waals surface area contributed by atoms with Crippen molar-refractivity contribution in [3.05, 3.63) is 35.6 Å². The Kier molecular flexibility index (Phi) is 3.29. The first-order valence-electron chi connectivity index (χ1n) is 6.13. The number of rotatable bonds is 2. The van der Waals surface area contributed by atoms with Crippen molar-refractivity contribution in [1.82, 2.24) is 0 Å². The fraction of sp³-hybridized carbons (Fsp3) is 0.571. The van der Waals surface area contributed by atoms with Crippen molar-refractivity contribution in [2.75, 3.05) is 0 Å². The maximum atomic E-state index is 13.7. The molecule has 2 atom stereocenters. The Morgan fingerprint density at radius 2 is 2.19 bits per heavy atom. The zero-order valence-electron chi connectivity index (χ0n) is 9.75. The van der Waals surface area contributed by atoms with Crippen LogP contribution in [0.15, 0.2) is 24.3 Å². The Balaban J connectivity index is 2.27. The van der Waals surface area contributed by atoms with E-state index in [0.29, 0.717) is 24.3 Å². The molecule has 2 unspecified atom stereocenters. The van der Waals surface area contributed by atoms with Crippen molar-refractivity contribution in [2.45, 2.75) is 44.6 Å². The van der Waals surface area contributed by atoms with Crippen LogP contribution in [0, 0.1) is 11.7 Å². The molecule has 16 heavy (non-hydrogen) atoms. The van der Waals surface area contributed by atoms with Crippen LogP contribution >= 0.6 is 0 Å². The quantitative estimate of drug-likeness (QED) is 0.810. The minimum absolute atomic E-state index is 0.276. The highest BCUT2D eigenvalue weighted by Crippen LogP contribution is 2.41. The number of hydrogen-bond acceptors (Lipinski definition) is 1. The predicted octanol–water partition coefficient (Wildman–Crippen LogP) is 3.61. The normalized spacial score (nSPS) is 30.3. The first-order valence-corrected chi connectivity index (χ1v) is 6.13. The summed E-state index contributed by atoms with van der Waals surface area (Å²) in [6, 6.07) is 6.62. The van der Waals surface area contributed by atoms with E-state index in [9.17, 15) is 9.50 Å². The Morgan fingerprint density at radius 1 is 1.44 bits per heavy atom. The molecular formula is C14H19FO. The Hall–Kier alpha value is -0.890. The first kappa shape index (κ1) is 11.6. The van der Waals surface area contributed by atoms with Gasteiger partial charge in [0.15, 0.2) is 0 Å². The lowest BCUT2D eigenvalue weighted by Crippen LogP contribution is -2.33. The summed E-state index contributed by atoms with van der Waals surface area (Å²) in [7, 11) is 0. The predicted molar refractivity (Wildman–Crippen MR) is 62.5 cm³/mol. The highest BCUT2D eigenvalue weighted by molar-refractivity contribution is 5.25. The lowest BCUT2D eigenvalue weighted by molar-refractivity contribution is -0.0244. The molecule has 1 fully saturated rings. The SMILES string of the molecule is CCC1CCCC(O)(c2ccccc2F)C1. The van der Waals surface area contributed by atoms with Gasteiger partial charge in [-0.1, -0.05) is 38.0 Å². The van der Waals surface area contributed by atoms with Crippen LogP contribution in [0.2, 0.25) is 0 Å². The standard InChI is InChI=1S/C14H19FO/c1-2-11-6-5-9-14(16,10-11)12-7-3-4-8-13(12)15/h3-4,7-8,11,16H,2,5-6,9-10H2,1H3. The molecule has 1 aromatic rings. The van der Waals surface area contributed by atoms with Gasteiger partial charge in [0.1, 0.15) is 5.82 Å². The zero-order chi connectivity index (χ0) is 11.6. The van der Waals surface area contributed by atoms with Gasteiger partial charge >= 0.3 is 0 Å². The largest absolute Gasteiger partial charge is 0.385 e. The minimum atomic E-state index is -0.940. The van der Waals surface area contributed by atoms with Crippen LogP contribution in [0.3, 0.4) is 0 Å². The van der Waals surface area contributed by atoms with E-state index in [0.717, 1.165) is 19.3 Å². The van der Waals surface area contributed by atoms with E-state index in [1.54, 1.807) is 18.2 Å². The van der Waals surface area contributed by atoms with Gasteiger partial charge < -0.3 is 5.11 Å². The molecule has 1 saturated carbocycles. The van der Waals surface area contributed by atoms with Crippen molar-refractivity contribution < 1.29 is 9.50 Å². The van der Waals surface area contributed by atoms with Gasteiger partial charge in [-0.3, -0.25) is 0 Å². The third-order valence-electron chi connectivity index (χ3n) is 3.78. The van der Waals surface area contributed by atoms with E-state index in [4.69, 9.17) is 0 Å². The molecule has 1 N–H and O–H groups in total. The zero-order valence-corrected chi connectivity index (χ0v) is 9.75. The van der Waals surface area contributed by atoms with Gasteiger partial charge in [-0.25, -0.2) is 4.39 Å². The van der Waals surface area contributed by atoms with Gasteiger partial charge in [-0.2, -0.15) is 0 Å². The van der Waals surface area contributed by atoms with Gasteiger partial charge in [0.2, 0.25) is 0 Å². The average Bonchev–Trinajstić information content (AvgIpc) is 2.29. The highest BCUT2D eigenvalue weighted by Gasteiger charge is 2.36. The number of hydrogen-bond donors (Lipinski definition) is 1. The van der Waals surface area contributed by atoms with E-state index in [1.807, 2.05) is 0 Å². The smallest absolute Gasteiger partial charge is 0.129 e. The van der Waals surface area contributed by atoms with Crippen LogP contribution < -0.4 is 0 Å². The van der Waals surface area contributed by atoms with Crippen molar-refractivity contribution in [3.63, 3.8) is 0 Å². The molecule has 0 saturated heterocycles. The van der Waals surface area contributed by atoms with Gasteiger partial charge in [-0.15, -0.1) is 0 Å². The van der Waals surface area contributed by atoms with Crippen LogP contribution in [0.4, 0.5) is 4.39 Å². The summed E-state index contributed by atoms with van der Waals surface area (Å²) in [5.41, 5.74) is -0.460. The van der Waals surface area contributed by atoms with E-state index in [-0.39, 0.29) is 5.82 Å². The molecule has 0 heterocycles. The molecule has 0 radical (unpaired) electrons. The number of benzene rings is 1. The second-order valence-corrected chi connectivity index (χ2v) is 4.88. The Bertz CT molecular complexity index is 364. The van der Waals surface area contributed by atoms with Crippen molar-refractivity contribution in [2.24, 2.45) is 5.92 Å². The lowest BCUT2D eigenvalue weighted by Gasteiger charge is -2.37. The van der Waals surface area contributed by atoms with Crippen LogP contribution in [0.5, 0.6) is 0 Å². The molecule has 0 amide bonds. The van der Waals surface area contributed by atoms with Crippen molar-refractivity contribution >= 4 is 0 Å². The summed E-state index contributed by atoms with van der Waals surface area (Å²) in [6.45, 7) is 2.14. The third-order valence-corrected chi connectivity index (χ3v) is 3.78. The maximum absolute atomic E-state index is 13.7. The second kappa shape index (κ2) is 4.54. The summed E-state index contributed by atoms with van der Waals surface area (Å²) >= 11 is 0. The van der Waals surface area contributed by atoms with E-state index in [1.165, 1.54) is 6.07 Å². The molecule has 1 aromatic carbocycles. The molecule has 2 heteroatoms. The number of aliphatic hydroxyl groups is 1. The molecule has 1 aliphatic rings. The lowest BCUT2D eigenvalue weighted by atomic mass is 9.73. The summed E-state index contributed by atoms with van der Waals surface area (Å²) in [6.07, 6.45) is 4.60. The number of halogens is 1. The molecule has 0 aliphatic heterocycles. The fourth-order valence-corrected chi connectivity index (χ4v) is 2.80. The van der Waals surface area contributed by atoms with Crippen LogP contribution in [-0.2, 0) is 5.60 Å². The molecule has 0 bridgehead atoms.